The highest BCUT2D eigenvalue weighted by Crippen LogP contribution is 2.44. The van der Waals surface area contributed by atoms with E-state index in [1.54, 1.807) is 30.7 Å². The summed E-state index contributed by atoms with van der Waals surface area (Å²) in [5.74, 6) is -1.32. The average molecular weight is 520 g/mol. The molecule has 0 spiro atoms. The zero-order valence-corrected chi connectivity index (χ0v) is 21.3. The molecule has 0 bridgehead atoms. The maximum absolute atomic E-state index is 14.1. The first-order valence-corrected chi connectivity index (χ1v) is 13.3. The first-order chi connectivity index (χ1) is 17.8. The van der Waals surface area contributed by atoms with E-state index in [9.17, 15) is 18.2 Å². The minimum atomic E-state index is -1.07. The van der Waals surface area contributed by atoms with E-state index < -0.39 is 22.7 Å². The van der Waals surface area contributed by atoms with Crippen molar-refractivity contribution in [2.75, 3.05) is 19.5 Å². The lowest BCUT2D eigenvalue weighted by atomic mass is 10.0. The van der Waals surface area contributed by atoms with Gasteiger partial charge in [-0.1, -0.05) is 18.2 Å². The molecule has 2 aromatic carbocycles. The van der Waals surface area contributed by atoms with E-state index in [4.69, 9.17) is 9.47 Å². The Morgan fingerprint density at radius 3 is 2.49 bits per heavy atom. The molecule has 8 heteroatoms. The van der Waals surface area contributed by atoms with Gasteiger partial charge in [0.15, 0.2) is 0 Å². The average Bonchev–Trinajstić information content (AvgIpc) is 3.14. The highest BCUT2D eigenvalue weighted by Gasteiger charge is 2.26. The summed E-state index contributed by atoms with van der Waals surface area (Å²) in [6, 6.07) is 15.2. The van der Waals surface area contributed by atoms with Crippen molar-refractivity contribution in [1.29, 1.82) is 0 Å². The van der Waals surface area contributed by atoms with Crippen LogP contribution in [0.15, 0.2) is 77.5 Å². The number of carbonyl (C=O) groups is 2. The van der Waals surface area contributed by atoms with Crippen LogP contribution in [0.4, 0.5) is 4.39 Å². The Hall–Kier alpha value is -3.91. The first-order valence-electron chi connectivity index (χ1n) is 11.7. The van der Waals surface area contributed by atoms with Crippen molar-refractivity contribution in [2.45, 2.75) is 24.7 Å². The fourth-order valence-electron chi connectivity index (χ4n) is 4.08. The molecular formula is C29H26FNO5S. The van der Waals surface area contributed by atoms with Crippen molar-refractivity contribution < 1.29 is 27.7 Å². The molecule has 190 valence electrons. The van der Waals surface area contributed by atoms with E-state index in [1.165, 1.54) is 18.3 Å². The molecule has 0 fully saturated rings. The lowest BCUT2D eigenvalue weighted by Crippen LogP contribution is -2.11. The SMILES string of the molecule is CC1=C(CC(=O)OCCCOC(=O)c2cccnc2)c2cc(F)ccc2/C1=C\c1ccc(S(C)=O)cc1. The zero-order chi connectivity index (χ0) is 26.4. The van der Waals surface area contributed by atoms with Gasteiger partial charge in [0.25, 0.3) is 0 Å². The number of esters is 2. The van der Waals surface area contributed by atoms with E-state index in [1.807, 2.05) is 37.3 Å². The highest BCUT2D eigenvalue weighted by atomic mass is 32.2. The summed E-state index contributed by atoms with van der Waals surface area (Å²) >= 11 is 0. The van der Waals surface area contributed by atoms with Gasteiger partial charge in [-0.3, -0.25) is 14.0 Å². The Kier molecular flexibility index (Phi) is 8.40. The molecule has 1 unspecified atom stereocenters. The normalized spacial score (nSPS) is 14.4. The van der Waals surface area contributed by atoms with Gasteiger partial charge in [0.05, 0.1) is 25.2 Å². The van der Waals surface area contributed by atoms with Gasteiger partial charge in [0.2, 0.25) is 0 Å². The fraction of sp³-hybridized carbons (Fsp3) is 0.207. The monoisotopic (exact) mass is 519 g/mol. The Morgan fingerprint density at radius 1 is 1.03 bits per heavy atom. The van der Waals surface area contributed by atoms with Gasteiger partial charge in [-0.2, -0.15) is 0 Å². The number of carbonyl (C=O) groups excluding carboxylic acids is 2. The number of aromatic nitrogens is 1. The molecular weight excluding hydrogens is 493 g/mol. The standard InChI is InChI=1S/C29H26FNO5S/c1-19-25(15-20-6-9-23(10-7-20)37(2)34)24-11-8-22(30)16-27(24)26(19)17-28(32)35-13-4-14-36-29(33)21-5-3-12-31-18-21/h3,5-12,15-16,18H,4,13-14,17H2,1-2H3/b25-15-. The van der Waals surface area contributed by atoms with Crippen molar-refractivity contribution in [3.8, 4) is 0 Å². The van der Waals surface area contributed by atoms with Crippen LogP contribution in [0.3, 0.4) is 0 Å². The van der Waals surface area contributed by atoms with Crippen LogP contribution < -0.4 is 0 Å². The van der Waals surface area contributed by atoms with Crippen LogP contribution in [0, 0.1) is 5.82 Å². The van der Waals surface area contributed by atoms with Gasteiger partial charge in [-0.25, -0.2) is 9.18 Å². The van der Waals surface area contributed by atoms with E-state index in [0.717, 1.165) is 27.2 Å². The number of allylic oxidation sites excluding steroid dienone is 2. The van der Waals surface area contributed by atoms with Gasteiger partial charge in [0.1, 0.15) is 5.82 Å². The van der Waals surface area contributed by atoms with E-state index >= 15 is 0 Å². The van der Waals surface area contributed by atoms with Gasteiger partial charge in [-0.15, -0.1) is 0 Å². The highest BCUT2D eigenvalue weighted by molar-refractivity contribution is 7.84. The van der Waals surface area contributed by atoms with Crippen molar-refractivity contribution in [3.05, 3.63) is 101 Å². The summed E-state index contributed by atoms with van der Waals surface area (Å²) in [6.45, 7) is 2.10. The predicted molar refractivity (Wildman–Crippen MR) is 140 cm³/mol. The Bertz CT molecular complexity index is 1400. The van der Waals surface area contributed by atoms with E-state index in [-0.39, 0.29) is 25.5 Å². The van der Waals surface area contributed by atoms with Gasteiger partial charge >= 0.3 is 11.9 Å². The summed E-state index contributed by atoms with van der Waals surface area (Å²) < 4.78 is 36.3. The van der Waals surface area contributed by atoms with Crippen molar-refractivity contribution >= 4 is 40.0 Å². The van der Waals surface area contributed by atoms with Gasteiger partial charge in [0, 0.05) is 40.8 Å². The third kappa shape index (κ3) is 6.46. The molecule has 0 N–H and O–H groups in total. The third-order valence-corrected chi connectivity index (χ3v) is 6.92. The lowest BCUT2D eigenvalue weighted by molar-refractivity contribution is -0.142. The quantitative estimate of drug-likeness (QED) is 0.276. The molecule has 1 aliphatic carbocycles. The van der Waals surface area contributed by atoms with Gasteiger partial charge in [-0.05, 0) is 82.8 Å². The molecule has 0 saturated heterocycles. The number of pyridine rings is 1. The van der Waals surface area contributed by atoms with Crippen molar-refractivity contribution in [2.24, 2.45) is 0 Å². The number of hydrogen-bond acceptors (Lipinski definition) is 6. The Morgan fingerprint density at radius 2 is 1.78 bits per heavy atom. The maximum Gasteiger partial charge on any atom is 0.339 e. The number of nitrogens with zero attached hydrogens (tertiary/aromatic N) is 1. The number of benzene rings is 2. The topological polar surface area (TPSA) is 82.6 Å². The van der Waals surface area contributed by atoms with Crippen LogP contribution in [0.25, 0.3) is 17.2 Å². The second kappa shape index (κ2) is 11.9. The number of fused-ring (bicyclic) bond motifs is 1. The molecule has 0 amide bonds. The molecule has 4 rings (SSSR count). The van der Waals surface area contributed by atoms with E-state index in [0.29, 0.717) is 23.1 Å². The molecule has 0 aliphatic heterocycles. The van der Waals surface area contributed by atoms with Crippen LogP contribution in [0.1, 0.15) is 46.8 Å². The molecule has 6 nitrogen and oxygen atoms in total. The molecule has 0 radical (unpaired) electrons. The number of hydrogen-bond donors (Lipinski definition) is 0. The zero-order valence-electron chi connectivity index (χ0n) is 20.5. The van der Waals surface area contributed by atoms with Crippen LogP contribution in [0.2, 0.25) is 0 Å². The fourth-order valence-corrected chi connectivity index (χ4v) is 4.60. The lowest BCUT2D eigenvalue weighted by Gasteiger charge is -2.08. The van der Waals surface area contributed by atoms with Crippen molar-refractivity contribution in [1.82, 2.24) is 4.98 Å². The minimum Gasteiger partial charge on any atom is -0.465 e. The van der Waals surface area contributed by atoms with E-state index in [2.05, 4.69) is 4.98 Å². The van der Waals surface area contributed by atoms with Gasteiger partial charge < -0.3 is 9.47 Å². The maximum atomic E-state index is 14.1. The minimum absolute atomic E-state index is 0.0111. The van der Waals surface area contributed by atoms with Crippen LogP contribution in [-0.2, 0) is 25.1 Å². The summed E-state index contributed by atoms with van der Waals surface area (Å²) in [6.07, 6.45) is 6.93. The molecule has 3 aromatic rings. The smallest absolute Gasteiger partial charge is 0.339 e. The first kappa shape index (κ1) is 26.2. The second-order valence-corrected chi connectivity index (χ2v) is 9.88. The summed E-state index contributed by atoms with van der Waals surface area (Å²) in [4.78, 5) is 29.2. The van der Waals surface area contributed by atoms with Crippen LogP contribution in [-0.4, -0.2) is 40.6 Å². The third-order valence-electron chi connectivity index (χ3n) is 5.98. The number of ether oxygens (including phenoxy) is 2. The Labute approximate surface area is 217 Å². The predicted octanol–water partition coefficient (Wildman–Crippen LogP) is 5.47. The summed E-state index contributed by atoms with van der Waals surface area (Å²) in [5, 5.41) is 0. The second-order valence-electron chi connectivity index (χ2n) is 8.50. The summed E-state index contributed by atoms with van der Waals surface area (Å²) in [5.41, 5.74) is 5.24. The molecule has 1 aliphatic rings. The Balaban J connectivity index is 1.40. The van der Waals surface area contributed by atoms with Crippen LogP contribution >= 0.6 is 0 Å². The van der Waals surface area contributed by atoms with Crippen molar-refractivity contribution in [3.63, 3.8) is 0 Å². The van der Waals surface area contributed by atoms with Crippen LogP contribution in [0.5, 0.6) is 0 Å². The largest absolute Gasteiger partial charge is 0.465 e. The number of halogens is 1. The molecule has 37 heavy (non-hydrogen) atoms. The molecule has 1 aromatic heterocycles. The number of rotatable bonds is 9. The summed E-state index contributed by atoms with van der Waals surface area (Å²) in [7, 11) is -1.07. The molecule has 1 heterocycles. The molecule has 1 atom stereocenters. The molecule has 0 saturated carbocycles.